The molecule has 0 aromatic heterocycles. The SMILES string of the molecule is Cc1ccccc1CN(Cc1ccccc1)C(=O)[C@@H]1CC[C@H](CN)O1.Cl. The largest absolute Gasteiger partial charge is 0.364 e. The topological polar surface area (TPSA) is 55.6 Å². The number of amides is 1. The smallest absolute Gasteiger partial charge is 0.252 e. The van der Waals surface area contributed by atoms with E-state index in [4.69, 9.17) is 10.5 Å². The number of rotatable bonds is 6. The minimum atomic E-state index is -0.374. The third-order valence-electron chi connectivity index (χ3n) is 4.80. The Morgan fingerprint density at radius 2 is 1.77 bits per heavy atom. The maximum absolute atomic E-state index is 13.1. The van der Waals surface area contributed by atoms with Gasteiger partial charge in [0.25, 0.3) is 5.91 Å². The number of hydrogen-bond acceptors (Lipinski definition) is 3. The first-order valence-electron chi connectivity index (χ1n) is 8.90. The predicted molar refractivity (Wildman–Crippen MR) is 106 cm³/mol. The zero-order chi connectivity index (χ0) is 17.6. The summed E-state index contributed by atoms with van der Waals surface area (Å²) in [5.41, 5.74) is 9.17. The van der Waals surface area contributed by atoms with Gasteiger partial charge in [-0.05, 0) is 36.5 Å². The van der Waals surface area contributed by atoms with Crippen LogP contribution in [0, 0.1) is 6.92 Å². The molecule has 3 rings (SSSR count). The molecule has 140 valence electrons. The lowest BCUT2D eigenvalue weighted by Gasteiger charge is -2.26. The Kier molecular flexibility index (Phi) is 7.64. The van der Waals surface area contributed by atoms with Gasteiger partial charge in [0.1, 0.15) is 6.10 Å². The van der Waals surface area contributed by atoms with E-state index < -0.39 is 0 Å². The van der Waals surface area contributed by atoms with Crippen molar-refractivity contribution < 1.29 is 9.53 Å². The Bertz CT molecular complexity index is 708. The number of benzene rings is 2. The predicted octanol–water partition coefficient (Wildman–Crippen LogP) is 3.45. The molecule has 1 fully saturated rings. The van der Waals surface area contributed by atoms with Gasteiger partial charge in [-0.2, -0.15) is 0 Å². The summed E-state index contributed by atoms with van der Waals surface area (Å²) in [6.45, 7) is 3.73. The van der Waals surface area contributed by atoms with E-state index in [-0.39, 0.29) is 30.5 Å². The van der Waals surface area contributed by atoms with Gasteiger partial charge in [-0.3, -0.25) is 4.79 Å². The van der Waals surface area contributed by atoms with Gasteiger partial charge in [-0.1, -0.05) is 54.6 Å². The van der Waals surface area contributed by atoms with E-state index in [0.29, 0.717) is 19.6 Å². The molecule has 0 unspecified atom stereocenters. The van der Waals surface area contributed by atoms with E-state index >= 15 is 0 Å². The third-order valence-corrected chi connectivity index (χ3v) is 4.80. The van der Waals surface area contributed by atoms with Crippen LogP contribution in [0.3, 0.4) is 0 Å². The zero-order valence-electron chi connectivity index (χ0n) is 15.1. The van der Waals surface area contributed by atoms with Crippen molar-refractivity contribution in [2.24, 2.45) is 5.73 Å². The quantitative estimate of drug-likeness (QED) is 0.842. The van der Waals surface area contributed by atoms with Crippen molar-refractivity contribution in [2.45, 2.75) is 45.1 Å². The monoisotopic (exact) mass is 374 g/mol. The summed E-state index contributed by atoms with van der Waals surface area (Å²) in [6.07, 6.45) is 1.24. The van der Waals surface area contributed by atoms with Crippen LogP contribution in [-0.4, -0.2) is 29.6 Å². The van der Waals surface area contributed by atoms with Crippen LogP contribution in [-0.2, 0) is 22.6 Å². The second-order valence-corrected chi connectivity index (χ2v) is 6.67. The van der Waals surface area contributed by atoms with E-state index in [0.717, 1.165) is 18.4 Å². The first-order valence-corrected chi connectivity index (χ1v) is 8.90. The average molecular weight is 375 g/mol. The Morgan fingerprint density at radius 1 is 1.08 bits per heavy atom. The van der Waals surface area contributed by atoms with Gasteiger partial charge in [0.15, 0.2) is 0 Å². The van der Waals surface area contributed by atoms with Gasteiger partial charge in [-0.15, -0.1) is 12.4 Å². The Labute approximate surface area is 161 Å². The fourth-order valence-corrected chi connectivity index (χ4v) is 3.27. The lowest BCUT2D eigenvalue weighted by Crippen LogP contribution is -2.39. The number of nitrogens with zero attached hydrogens (tertiary/aromatic N) is 1. The number of hydrogen-bond donors (Lipinski definition) is 1. The maximum atomic E-state index is 13.1. The van der Waals surface area contributed by atoms with Crippen LogP contribution in [0.15, 0.2) is 54.6 Å². The van der Waals surface area contributed by atoms with E-state index in [9.17, 15) is 4.79 Å². The molecule has 1 saturated heterocycles. The number of halogens is 1. The Hall–Kier alpha value is -1.88. The lowest BCUT2D eigenvalue weighted by molar-refractivity contribution is -0.144. The van der Waals surface area contributed by atoms with Crippen molar-refractivity contribution in [1.29, 1.82) is 0 Å². The summed E-state index contributed by atoms with van der Waals surface area (Å²) in [4.78, 5) is 15.0. The molecule has 0 saturated carbocycles. The zero-order valence-corrected chi connectivity index (χ0v) is 16.0. The molecule has 0 radical (unpaired) electrons. The van der Waals surface area contributed by atoms with Crippen molar-refractivity contribution in [3.05, 3.63) is 71.3 Å². The first-order chi connectivity index (χ1) is 12.2. The highest BCUT2D eigenvalue weighted by atomic mass is 35.5. The molecule has 1 aliphatic heterocycles. The molecule has 1 aliphatic rings. The summed E-state index contributed by atoms with van der Waals surface area (Å²) in [5.74, 6) is 0.0584. The average Bonchev–Trinajstić information content (AvgIpc) is 3.12. The van der Waals surface area contributed by atoms with Crippen molar-refractivity contribution in [2.75, 3.05) is 6.54 Å². The highest BCUT2D eigenvalue weighted by Crippen LogP contribution is 2.23. The molecule has 2 aromatic carbocycles. The summed E-state index contributed by atoms with van der Waals surface area (Å²) < 4.78 is 5.84. The van der Waals surface area contributed by atoms with Gasteiger partial charge in [0.2, 0.25) is 0 Å². The van der Waals surface area contributed by atoms with Crippen LogP contribution >= 0.6 is 12.4 Å². The van der Waals surface area contributed by atoms with Gasteiger partial charge in [-0.25, -0.2) is 0 Å². The van der Waals surface area contributed by atoms with E-state index in [1.807, 2.05) is 35.2 Å². The van der Waals surface area contributed by atoms with Crippen LogP contribution in [0.4, 0.5) is 0 Å². The number of carbonyl (C=O) groups excluding carboxylic acids is 1. The molecule has 1 heterocycles. The van der Waals surface area contributed by atoms with Gasteiger partial charge < -0.3 is 15.4 Å². The highest BCUT2D eigenvalue weighted by Gasteiger charge is 2.33. The van der Waals surface area contributed by atoms with Crippen molar-refractivity contribution in [3.8, 4) is 0 Å². The summed E-state index contributed by atoms with van der Waals surface area (Å²) in [5, 5.41) is 0. The maximum Gasteiger partial charge on any atom is 0.252 e. The number of ether oxygens (including phenoxy) is 1. The van der Waals surface area contributed by atoms with E-state index in [2.05, 4.69) is 31.2 Å². The summed E-state index contributed by atoms with van der Waals surface area (Å²) in [7, 11) is 0. The fourth-order valence-electron chi connectivity index (χ4n) is 3.27. The molecule has 4 nitrogen and oxygen atoms in total. The van der Waals surface area contributed by atoms with Crippen LogP contribution in [0.5, 0.6) is 0 Å². The molecule has 0 bridgehead atoms. The highest BCUT2D eigenvalue weighted by molar-refractivity contribution is 5.85. The first kappa shape index (κ1) is 20.4. The van der Waals surface area contributed by atoms with Crippen LogP contribution < -0.4 is 5.73 Å². The molecule has 0 spiro atoms. The second kappa shape index (κ2) is 9.72. The number of nitrogens with two attached hydrogens (primary N) is 1. The minimum absolute atomic E-state index is 0. The van der Waals surface area contributed by atoms with Crippen LogP contribution in [0.25, 0.3) is 0 Å². The molecule has 2 aromatic rings. The summed E-state index contributed by atoms with van der Waals surface area (Å²) >= 11 is 0. The Morgan fingerprint density at radius 3 is 2.42 bits per heavy atom. The van der Waals surface area contributed by atoms with Crippen LogP contribution in [0.1, 0.15) is 29.5 Å². The molecular weight excluding hydrogens is 348 g/mol. The van der Waals surface area contributed by atoms with Crippen molar-refractivity contribution in [1.82, 2.24) is 4.90 Å². The number of carbonyl (C=O) groups is 1. The molecule has 5 heteroatoms. The molecular formula is C21H27ClN2O2. The molecule has 2 N–H and O–H groups in total. The third kappa shape index (κ3) is 5.07. The fraction of sp³-hybridized carbons (Fsp3) is 0.381. The van der Waals surface area contributed by atoms with Crippen molar-refractivity contribution in [3.63, 3.8) is 0 Å². The standard InChI is InChI=1S/C21H26N2O2.ClH/c1-16-7-5-6-10-18(16)15-23(14-17-8-3-2-4-9-17)21(24)20-12-11-19(13-22)25-20;/h2-10,19-20H,11-15,22H2,1H3;1H/t19-,20+;/m1./s1. The molecule has 2 atom stereocenters. The minimum Gasteiger partial charge on any atom is -0.364 e. The molecule has 0 aliphatic carbocycles. The van der Waals surface area contributed by atoms with Crippen molar-refractivity contribution >= 4 is 18.3 Å². The van der Waals surface area contributed by atoms with Gasteiger partial charge in [0, 0.05) is 19.6 Å². The van der Waals surface area contributed by atoms with E-state index in [1.54, 1.807) is 0 Å². The normalized spacial score (nSPS) is 19.0. The number of aryl methyl sites for hydroxylation is 1. The summed E-state index contributed by atoms with van der Waals surface area (Å²) in [6, 6.07) is 18.3. The lowest BCUT2D eigenvalue weighted by atomic mass is 10.1. The van der Waals surface area contributed by atoms with E-state index in [1.165, 1.54) is 11.1 Å². The molecule has 26 heavy (non-hydrogen) atoms. The van der Waals surface area contributed by atoms with Gasteiger partial charge >= 0.3 is 0 Å². The second-order valence-electron chi connectivity index (χ2n) is 6.67. The van der Waals surface area contributed by atoms with Crippen LogP contribution in [0.2, 0.25) is 0 Å². The molecule has 1 amide bonds. The Balaban J connectivity index is 0.00000243. The van der Waals surface area contributed by atoms with Gasteiger partial charge in [0.05, 0.1) is 6.10 Å².